The van der Waals surface area contributed by atoms with Gasteiger partial charge in [-0.2, -0.15) is 0 Å². The predicted octanol–water partition coefficient (Wildman–Crippen LogP) is 24.8. The summed E-state index contributed by atoms with van der Waals surface area (Å²) in [4.78, 5) is 5.10. The van der Waals surface area contributed by atoms with Crippen LogP contribution >= 0.6 is 11.3 Å². The summed E-state index contributed by atoms with van der Waals surface area (Å²) in [7, 11) is 0. The molecule has 4 heterocycles. The van der Waals surface area contributed by atoms with Gasteiger partial charge in [0, 0.05) is 76.0 Å². The largest absolute Gasteiger partial charge is 0.310 e. The summed E-state index contributed by atoms with van der Waals surface area (Å²) < 4.78 is 39.1. The number of rotatable bonds is 7. The molecule has 0 spiro atoms. The van der Waals surface area contributed by atoms with Gasteiger partial charge in [0.15, 0.2) is 0 Å². The Balaban J connectivity index is 1.07. The first-order valence-electron chi connectivity index (χ1n) is 36.6. The van der Waals surface area contributed by atoms with Gasteiger partial charge in [0.2, 0.25) is 0 Å². The van der Waals surface area contributed by atoms with E-state index in [9.17, 15) is 4.11 Å². The molecular formula is C94H80BN3S. The van der Waals surface area contributed by atoms with Crippen LogP contribution in [0.3, 0.4) is 0 Å². The van der Waals surface area contributed by atoms with Gasteiger partial charge in [-0.1, -0.05) is 277 Å². The molecule has 0 saturated heterocycles. The third kappa shape index (κ3) is 9.58. The lowest BCUT2D eigenvalue weighted by molar-refractivity contribution is 0.590. The highest BCUT2D eigenvalue weighted by molar-refractivity contribution is 7.33. The molecule has 0 radical (unpaired) electrons. The molecule has 2 aliphatic rings. The van der Waals surface area contributed by atoms with Crippen LogP contribution in [-0.2, 0) is 21.7 Å². The van der Waals surface area contributed by atoms with Gasteiger partial charge in [-0.25, -0.2) is 0 Å². The van der Waals surface area contributed by atoms with Crippen molar-refractivity contribution in [3.63, 3.8) is 0 Å². The summed E-state index contributed by atoms with van der Waals surface area (Å²) in [5.41, 5.74) is 21.5. The summed E-state index contributed by atoms with van der Waals surface area (Å²) in [6, 6.07) is 92.1. The second-order valence-corrected chi connectivity index (χ2v) is 32.9. The van der Waals surface area contributed by atoms with Gasteiger partial charge >= 0.3 is 0 Å². The third-order valence-electron chi connectivity index (χ3n) is 21.4. The molecule has 0 saturated carbocycles. The van der Waals surface area contributed by atoms with E-state index in [4.69, 9.17) is 0 Å². The van der Waals surface area contributed by atoms with Crippen LogP contribution in [0.15, 0.2) is 267 Å². The average molecular weight is 1300 g/mol. The van der Waals surface area contributed by atoms with Crippen molar-refractivity contribution >= 4 is 132 Å². The fourth-order valence-electron chi connectivity index (χ4n) is 16.2. The van der Waals surface area contributed by atoms with Crippen molar-refractivity contribution < 1.29 is 4.11 Å². The van der Waals surface area contributed by atoms with Gasteiger partial charge in [0.25, 0.3) is 6.71 Å². The predicted molar refractivity (Wildman–Crippen MR) is 430 cm³/mol. The van der Waals surface area contributed by atoms with Crippen LogP contribution in [0.25, 0.3) is 114 Å². The zero-order valence-corrected chi connectivity index (χ0v) is 59.3. The Morgan fingerprint density at radius 2 is 0.828 bits per heavy atom. The average Bonchev–Trinajstić information content (AvgIpc) is 1.15. The second kappa shape index (κ2) is 22.0. The van der Waals surface area contributed by atoms with Crippen molar-refractivity contribution in [2.45, 2.75) is 105 Å². The molecule has 480 valence electrons. The van der Waals surface area contributed by atoms with Crippen molar-refractivity contribution in [3.8, 4) is 50.2 Å². The maximum absolute atomic E-state index is 11.9. The van der Waals surface area contributed by atoms with E-state index in [0.717, 1.165) is 148 Å². The first-order valence-corrected chi connectivity index (χ1v) is 35.9. The first-order chi connectivity index (χ1) is 48.9. The highest BCUT2D eigenvalue weighted by Gasteiger charge is 2.48. The second-order valence-electron chi connectivity index (χ2n) is 31.8. The molecule has 99 heavy (non-hydrogen) atoms. The van der Waals surface area contributed by atoms with Gasteiger partial charge in [-0.15, -0.1) is 11.3 Å². The summed E-state index contributed by atoms with van der Waals surface area (Å²) in [6.07, 6.45) is 0. The van der Waals surface area contributed by atoms with Crippen LogP contribution in [0.4, 0.5) is 34.1 Å². The van der Waals surface area contributed by atoms with Gasteiger partial charge < -0.3 is 14.4 Å². The third-order valence-corrected chi connectivity index (χ3v) is 22.6. The van der Waals surface area contributed by atoms with E-state index in [-0.39, 0.29) is 34.4 Å². The molecule has 18 rings (SSSR count). The van der Waals surface area contributed by atoms with E-state index in [1.54, 1.807) is 11.3 Å². The number of thiophene rings is 1. The first kappa shape index (κ1) is 57.6. The minimum atomic E-state index is -0.619. The maximum atomic E-state index is 11.9. The fourth-order valence-corrected chi connectivity index (χ4v) is 17.5. The molecule has 16 aromatic rings. The number of anilines is 6. The normalized spacial score (nSPS) is 13.8. The lowest BCUT2D eigenvalue weighted by Crippen LogP contribution is -2.60. The topological polar surface area (TPSA) is 11.4 Å². The number of benzene rings is 14. The molecule has 2 aromatic heterocycles. The molecular weight excluding hydrogens is 1210 g/mol. The Hall–Kier alpha value is -10.5. The van der Waals surface area contributed by atoms with Crippen molar-refractivity contribution in [3.05, 3.63) is 289 Å². The van der Waals surface area contributed by atoms with E-state index >= 15 is 0 Å². The molecule has 0 bridgehead atoms. The van der Waals surface area contributed by atoms with E-state index in [1.807, 2.05) is 0 Å². The summed E-state index contributed by atoms with van der Waals surface area (Å²) in [5, 5.41) is 10.0. The highest BCUT2D eigenvalue weighted by Crippen LogP contribution is 2.57. The molecule has 0 amide bonds. The Morgan fingerprint density at radius 3 is 1.36 bits per heavy atom. The molecule has 0 atom stereocenters. The Kier molecular flexibility index (Phi) is 12.8. The molecule has 0 unspecified atom stereocenters. The van der Waals surface area contributed by atoms with E-state index in [1.165, 1.54) is 22.1 Å². The molecule has 14 aromatic carbocycles. The van der Waals surface area contributed by atoms with E-state index < -0.39 is 12.1 Å². The molecule has 2 aliphatic heterocycles. The summed E-state index contributed by atoms with van der Waals surface area (Å²) in [6.45, 7) is 27.2. The SMILES string of the molecule is [2H]c1c([2H])c(-n2c3ccccc3c3cc4ccc5cccc6ccc(c4c56)c32)c([2H])c2c1B1c3sc4ccc(C(C)(C)C)cc4c3N(c3c(-c4ccccc4)cc(C(C)(C)C)cc3-c3ccccc3)c3cc(C(C)(C)C)cc(c31)N2c1c(-c2ccccc2)cc(C(C)(C)C)cc1-c1ccccc1. The van der Waals surface area contributed by atoms with Crippen molar-refractivity contribution in [1.82, 2.24) is 4.57 Å². The smallest absolute Gasteiger partial charge is 0.264 e. The lowest BCUT2D eigenvalue weighted by atomic mass is 9.36. The van der Waals surface area contributed by atoms with Gasteiger partial charge in [-0.05, 0) is 177 Å². The highest BCUT2D eigenvalue weighted by atomic mass is 32.1. The van der Waals surface area contributed by atoms with Crippen LogP contribution in [0.1, 0.15) is 109 Å². The summed E-state index contributed by atoms with van der Waals surface area (Å²) >= 11 is 1.80. The van der Waals surface area contributed by atoms with Crippen LogP contribution in [0, 0.1) is 0 Å². The van der Waals surface area contributed by atoms with Crippen LogP contribution < -0.4 is 25.5 Å². The maximum Gasteiger partial charge on any atom is 0.264 e. The molecule has 5 heteroatoms. The van der Waals surface area contributed by atoms with Crippen LogP contribution in [0.2, 0.25) is 0 Å². The number of nitrogens with zero attached hydrogens (tertiary/aromatic N) is 3. The Bertz CT molecular complexity index is 6010. The number of hydrogen-bond acceptors (Lipinski definition) is 3. The zero-order chi connectivity index (χ0) is 70.4. The molecule has 0 fully saturated rings. The van der Waals surface area contributed by atoms with E-state index in [0.29, 0.717) is 16.8 Å². The standard InChI is InChI=1S/C94H80BN3S/c1-91(2,3)64-43-47-82-76(49-64)89-90(99-82)95-77-46-44-68(96-78-39-26-25-38-69(78)75-48-63-41-40-61-36-27-37-62-42-45-70(86(75)96)84(63)83(61)62)56-79(77)97(87-71(57-28-17-13-18-29-57)50-65(92(4,5)6)51-72(87)58-30-19-14-20-31-58)80-54-67(94(10,11)12)55-81(85(80)95)98(89)88-73(59-32-21-15-22-33-59)52-66(93(7,8)9)53-74(88)60-34-23-16-24-35-60/h13-56H,1-12H3/i44D,46D,56D. The van der Waals surface area contributed by atoms with Gasteiger partial charge in [0.1, 0.15) is 0 Å². The number of para-hydroxylation sites is 1. The van der Waals surface area contributed by atoms with E-state index in [2.05, 4.69) is 346 Å². The molecule has 3 nitrogen and oxygen atoms in total. The minimum absolute atomic E-state index is 0.00797. The van der Waals surface area contributed by atoms with Crippen molar-refractivity contribution in [2.24, 2.45) is 0 Å². The number of aromatic nitrogens is 1. The lowest BCUT2D eigenvalue weighted by Gasteiger charge is -2.46. The Morgan fingerprint density at radius 1 is 0.354 bits per heavy atom. The van der Waals surface area contributed by atoms with Gasteiger partial charge in [0.05, 0.1) is 32.2 Å². The Labute approximate surface area is 590 Å². The fraction of sp³-hybridized carbons (Fsp3) is 0.170. The van der Waals surface area contributed by atoms with Crippen LogP contribution in [0.5, 0.6) is 0 Å². The van der Waals surface area contributed by atoms with Crippen molar-refractivity contribution in [2.75, 3.05) is 9.80 Å². The quantitative estimate of drug-likeness (QED) is 0.116. The van der Waals surface area contributed by atoms with Crippen molar-refractivity contribution in [1.29, 1.82) is 0 Å². The number of hydrogen-bond donors (Lipinski definition) is 0. The number of fused-ring (bicyclic) bond motifs is 10. The minimum Gasteiger partial charge on any atom is -0.310 e. The van der Waals surface area contributed by atoms with Crippen LogP contribution in [-0.4, -0.2) is 11.3 Å². The zero-order valence-electron chi connectivity index (χ0n) is 61.5. The summed E-state index contributed by atoms with van der Waals surface area (Å²) in [5.74, 6) is 0. The molecule has 0 aliphatic carbocycles. The molecule has 0 N–H and O–H groups in total. The van der Waals surface area contributed by atoms with Gasteiger partial charge in [-0.3, -0.25) is 0 Å². The monoisotopic (exact) mass is 1300 g/mol.